The fourth-order valence-electron chi connectivity index (χ4n) is 3.24. The summed E-state index contributed by atoms with van der Waals surface area (Å²) >= 11 is 1.71. The molecule has 5 nitrogen and oxygen atoms in total. The monoisotopic (exact) mass is 429 g/mol. The summed E-state index contributed by atoms with van der Waals surface area (Å²) in [4.78, 5) is 14.3. The molecule has 4 aromatic rings. The Morgan fingerprint density at radius 2 is 1.65 bits per heavy atom. The Bertz CT molecular complexity index is 1140. The molecule has 0 bridgehead atoms. The minimum absolute atomic E-state index is 0.156. The van der Waals surface area contributed by atoms with Gasteiger partial charge in [0.05, 0.1) is 18.4 Å². The van der Waals surface area contributed by atoms with E-state index in [-0.39, 0.29) is 5.91 Å². The SMILES string of the molecule is COc1ccccc1-c1nn(-c2ccccc2)cc1C(=O)NCCSc1ccccc1. The van der Waals surface area contributed by atoms with Crippen LogP contribution in [0.5, 0.6) is 5.75 Å². The van der Waals surface area contributed by atoms with Crippen LogP contribution in [0, 0.1) is 0 Å². The largest absolute Gasteiger partial charge is 0.496 e. The first-order valence-electron chi connectivity index (χ1n) is 10.0. The lowest BCUT2D eigenvalue weighted by molar-refractivity contribution is 0.0957. The summed E-state index contributed by atoms with van der Waals surface area (Å²) < 4.78 is 7.24. The van der Waals surface area contributed by atoms with Gasteiger partial charge in [-0.3, -0.25) is 4.79 Å². The molecule has 0 saturated carbocycles. The van der Waals surface area contributed by atoms with Gasteiger partial charge in [0.25, 0.3) is 5.91 Å². The van der Waals surface area contributed by atoms with Crippen LogP contribution in [0.4, 0.5) is 0 Å². The van der Waals surface area contributed by atoms with Gasteiger partial charge in [0.2, 0.25) is 0 Å². The van der Waals surface area contributed by atoms with E-state index in [2.05, 4.69) is 17.4 Å². The Balaban J connectivity index is 1.57. The molecule has 156 valence electrons. The number of nitrogens with one attached hydrogen (secondary N) is 1. The van der Waals surface area contributed by atoms with E-state index in [9.17, 15) is 4.79 Å². The molecule has 0 fully saturated rings. The highest BCUT2D eigenvalue weighted by Crippen LogP contribution is 2.31. The first kappa shape index (κ1) is 20.8. The number of amides is 1. The average molecular weight is 430 g/mol. The highest BCUT2D eigenvalue weighted by atomic mass is 32.2. The summed E-state index contributed by atoms with van der Waals surface area (Å²) in [5.41, 5.74) is 2.77. The molecule has 0 unspecified atom stereocenters. The molecule has 0 spiro atoms. The Morgan fingerprint density at radius 1 is 0.968 bits per heavy atom. The first-order chi connectivity index (χ1) is 15.3. The molecule has 6 heteroatoms. The predicted molar refractivity (Wildman–Crippen MR) is 125 cm³/mol. The van der Waals surface area contributed by atoms with Crippen molar-refractivity contribution >= 4 is 17.7 Å². The third-order valence-electron chi connectivity index (χ3n) is 4.74. The maximum atomic E-state index is 13.1. The molecular weight excluding hydrogens is 406 g/mol. The molecule has 0 atom stereocenters. The summed E-state index contributed by atoms with van der Waals surface area (Å²) in [5, 5.41) is 7.75. The third-order valence-corrected chi connectivity index (χ3v) is 5.75. The van der Waals surface area contributed by atoms with Crippen LogP contribution < -0.4 is 10.1 Å². The van der Waals surface area contributed by atoms with E-state index in [0.29, 0.717) is 23.6 Å². The molecule has 0 aliphatic carbocycles. The standard InChI is InChI=1S/C25H23N3O2S/c1-30-23-15-9-8-14-21(23)24-22(18-28(27-24)19-10-4-2-5-11-19)25(29)26-16-17-31-20-12-6-3-7-13-20/h2-15,18H,16-17H2,1H3,(H,26,29). The third kappa shape index (κ3) is 4.98. The van der Waals surface area contributed by atoms with Gasteiger partial charge >= 0.3 is 0 Å². The molecule has 0 aliphatic rings. The van der Waals surface area contributed by atoms with Gasteiger partial charge in [0.1, 0.15) is 11.4 Å². The van der Waals surface area contributed by atoms with Crippen LogP contribution in [0.1, 0.15) is 10.4 Å². The molecule has 4 rings (SSSR count). The van der Waals surface area contributed by atoms with Crippen molar-refractivity contribution in [1.82, 2.24) is 15.1 Å². The van der Waals surface area contributed by atoms with E-state index in [1.807, 2.05) is 72.8 Å². The molecule has 1 aromatic heterocycles. The fourth-order valence-corrected chi connectivity index (χ4v) is 4.03. The summed E-state index contributed by atoms with van der Waals surface area (Å²) in [5.74, 6) is 1.30. The normalized spacial score (nSPS) is 10.6. The first-order valence-corrected chi connectivity index (χ1v) is 11.0. The van der Waals surface area contributed by atoms with Crippen molar-refractivity contribution in [2.24, 2.45) is 0 Å². The maximum absolute atomic E-state index is 13.1. The van der Waals surface area contributed by atoms with Crippen LogP contribution in [0.2, 0.25) is 0 Å². The summed E-state index contributed by atoms with van der Waals surface area (Å²) in [6.45, 7) is 0.556. The van der Waals surface area contributed by atoms with Crippen LogP contribution >= 0.6 is 11.8 Å². The number of carbonyl (C=O) groups is 1. The lowest BCUT2D eigenvalue weighted by atomic mass is 10.1. The van der Waals surface area contributed by atoms with Crippen molar-refractivity contribution < 1.29 is 9.53 Å². The van der Waals surface area contributed by atoms with Crippen LogP contribution in [0.25, 0.3) is 16.9 Å². The number of nitrogens with zero attached hydrogens (tertiary/aromatic N) is 2. The number of aromatic nitrogens is 2. The molecule has 0 saturated heterocycles. The van der Waals surface area contributed by atoms with Gasteiger partial charge in [0.15, 0.2) is 0 Å². The van der Waals surface area contributed by atoms with Crippen molar-refractivity contribution in [2.45, 2.75) is 4.90 Å². The second-order valence-electron chi connectivity index (χ2n) is 6.79. The van der Waals surface area contributed by atoms with Crippen LogP contribution in [-0.2, 0) is 0 Å². The van der Waals surface area contributed by atoms with Crippen molar-refractivity contribution in [1.29, 1.82) is 0 Å². The van der Waals surface area contributed by atoms with E-state index in [1.54, 1.807) is 29.8 Å². The Kier molecular flexibility index (Phi) is 6.69. The molecular formula is C25H23N3O2S. The van der Waals surface area contributed by atoms with Gasteiger partial charge in [-0.2, -0.15) is 5.10 Å². The minimum Gasteiger partial charge on any atom is -0.496 e. The number of carbonyl (C=O) groups excluding carboxylic acids is 1. The Morgan fingerprint density at radius 3 is 2.39 bits per heavy atom. The van der Waals surface area contributed by atoms with Gasteiger partial charge in [-0.15, -0.1) is 11.8 Å². The summed E-state index contributed by atoms with van der Waals surface area (Å²) in [7, 11) is 1.62. The van der Waals surface area contributed by atoms with Crippen LogP contribution in [-0.4, -0.2) is 35.1 Å². The van der Waals surface area contributed by atoms with Crippen molar-refractivity contribution in [2.75, 3.05) is 19.4 Å². The molecule has 0 aliphatic heterocycles. The van der Waals surface area contributed by atoms with Gasteiger partial charge in [-0.25, -0.2) is 4.68 Å². The topological polar surface area (TPSA) is 56.2 Å². The maximum Gasteiger partial charge on any atom is 0.255 e. The molecule has 1 N–H and O–H groups in total. The highest BCUT2D eigenvalue weighted by Gasteiger charge is 2.20. The zero-order valence-corrected chi connectivity index (χ0v) is 18.0. The van der Waals surface area contributed by atoms with E-state index in [4.69, 9.17) is 9.84 Å². The number of thioether (sulfide) groups is 1. The molecule has 1 amide bonds. The quantitative estimate of drug-likeness (QED) is 0.314. The number of hydrogen-bond donors (Lipinski definition) is 1. The molecule has 3 aromatic carbocycles. The van der Waals surface area contributed by atoms with E-state index >= 15 is 0 Å². The van der Waals surface area contributed by atoms with E-state index in [1.165, 1.54) is 4.90 Å². The van der Waals surface area contributed by atoms with Gasteiger partial charge in [0, 0.05) is 29.0 Å². The number of methoxy groups -OCH3 is 1. The minimum atomic E-state index is -0.156. The molecule has 31 heavy (non-hydrogen) atoms. The zero-order valence-electron chi connectivity index (χ0n) is 17.2. The number of hydrogen-bond acceptors (Lipinski definition) is 4. The molecule has 1 heterocycles. The van der Waals surface area contributed by atoms with Gasteiger partial charge in [-0.1, -0.05) is 48.5 Å². The van der Waals surface area contributed by atoms with Crippen LogP contribution in [0.3, 0.4) is 0 Å². The molecule has 0 radical (unpaired) electrons. The van der Waals surface area contributed by atoms with Crippen molar-refractivity contribution in [3.8, 4) is 22.7 Å². The number of ether oxygens (including phenoxy) is 1. The average Bonchev–Trinajstić information content (AvgIpc) is 3.28. The Hall–Kier alpha value is -3.51. The lowest BCUT2D eigenvalue weighted by Crippen LogP contribution is -2.25. The van der Waals surface area contributed by atoms with E-state index < -0.39 is 0 Å². The number of para-hydroxylation sites is 2. The second kappa shape index (κ2) is 10.00. The van der Waals surface area contributed by atoms with Crippen molar-refractivity contribution in [3.05, 3.63) is 96.7 Å². The Labute approximate surface area is 186 Å². The van der Waals surface area contributed by atoms with Crippen LogP contribution in [0.15, 0.2) is 96.0 Å². The van der Waals surface area contributed by atoms with E-state index in [0.717, 1.165) is 17.0 Å². The van der Waals surface area contributed by atoms with Gasteiger partial charge < -0.3 is 10.1 Å². The number of rotatable bonds is 8. The number of benzene rings is 3. The fraction of sp³-hybridized carbons (Fsp3) is 0.120. The summed E-state index contributed by atoms with van der Waals surface area (Å²) in [6, 6.07) is 27.5. The summed E-state index contributed by atoms with van der Waals surface area (Å²) in [6.07, 6.45) is 1.77. The zero-order chi connectivity index (χ0) is 21.5. The van der Waals surface area contributed by atoms with Crippen molar-refractivity contribution in [3.63, 3.8) is 0 Å². The van der Waals surface area contributed by atoms with Gasteiger partial charge in [-0.05, 0) is 36.4 Å². The predicted octanol–water partition coefficient (Wildman–Crippen LogP) is 5.07. The second-order valence-corrected chi connectivity index (χ2v) is 7.96. The lowest BCUT2D eigenvalue weighted by Gasteiger charge is -2.08. The smallest absolute Gasteiger partial charge is 0.255 e. The highest BCUT2D eigenvalue weighted by molar-refractivity contribution is 7.99.